The van der Waals surface area contributed by atoms with Crippen LogP contribution in [0, 0.1) is 17.8 Å². The maximum Gasteiger partial charge on any atom is 0.238 e. The van der Waals surface area contributed by atoms with Crippen LogP contribution in [0.1, 0.15) is 31.2 Å². The smallest absolute Gasteiger partial charge is 0.238 e. The van der Waals surface area contributed by atoms with Crippen LogP contribution >= 0.6 is 0 Å². The second-order valence-corrected chi connectivity index (χ2v) is 10.8. The molecular formula is C33H25NO5. The number of hydrogen-bond donors (Lipinski definition) is 1. The minimum Gasteiger partial charge on any atom is -0.507 e. The number of allylic oxidation sites excluding steroid dienone is 6. The van der Waals surface area contributed by atoms with Gasteiger partial charge in [0.15, 0.2) is 11.6 Å². The van der Waals surface area contributed by atoms with Crippen LogP contribution in [0.4, 0.5) is 5.69 Å². The van der Waals surface area contributed by atoms with E-state index < -0.39 is 23.7 Å². The van der Waals surface area contributed by atoms with Crippen molar-refractivity contribution in [3.8, 4) is 5.75 Å². The highest BCUT2D eigenvalue weighted by molar-refractivity contribution is 6.25. The zero-order chi connectivity index (χ0) is 27.0. The van der Waals surface area contributed by atoms with Crippen LogP contribution in [0.2, 0.25) is 0 Å². The predicted molar refractivity (Wildman–Crippen MR) is 146 cm³/mol. The summed E-state index contributed by atoms with van der Waals surface area (Å²) in [5, 5.41) is 13.0. The van der Waals surface area contributed by atoms with Gasteiger partial charge in [-0.25, -0.2) is 0 Å². The maximum atomic E-state index is 13.9. The van der Waals surface area contributed by atoms with Gasteiger partial charge >= 0.3 is 0 Å². The van der Waals surface area contributed by atoms with Gasteiger partial charge in [0.1, 0.15) is 5.75 Å². The third-order valence-corrected chi connectivity index (χ3v) is 8.82. The van der Waals surface area contributed by atoms with E-state index in [2.05, 4.69) is 0 Å². The van der Waals surface area contributed by atoms with Crippen LogP contribution in [0.25, 0.3) is 10.8 Å². The van der Waals surface area contributed by atoms with E-state index in [-0.39, 0.29) is 35.6 Å². The van der Waals surface area contributed by atoms with Crippen molar-refractivity contribution in [1.29, 1.82) is 0 Å². The van der Waals surface area contributed by atoms with E-state index in [9.17, 15) is 24.3 Å². The molecule has 0 bridgehead atoms. The van der Waals surface area contributed by atoms with Crippen molar-refractivity contribution in [2.24, 2.45) is 17.8 Å². The number of benzene rings is 3. The molecule has 1 saturated heterocycles. The number of anilines is 1. The summed E-state index contributed by atoms with van der Waals surface area (Å²) in [5.41, 5.74) is 3.00. The minimum atomic E-state index is -0.682. The van der Waals surface area contributed by atoms with Gasteiger partial charge in [0, 0.05) is 33.6 Å². The van der Waals surface area contributed by atoms with E-state index in [4.69, 9.17) is 0 Å². The third-order valence-electron chi connectivity index (χ3n) is 8.82. The van der Waals surface area contributed by atoms with Crippen molar-refractivity contribution >= 4 is 39.8 Å². The van der Waals surface area contributed by atoms with Gasteiger partial charge < -0.3 is 5.11 Å². The van der Waals surface area contributed by atoms with E-state index in [1.165, 1.54) is 11.0 Å². The number of carbonyl (C=O) groups excluding carboxylic acids is 4. The zero-order valence-electron chi connectivity index (χ0n) is 21.3. The summed E-state index contributed by atoms with van der Waals surface area (Å²) in [4.78, 5) is 55.6. The Hall–Kier alpha value is -4.58. The molecule has 1 N–H and O–H groups in total. The Kier molecular flexibility index (Phi) is 5.11. The number of amides is 2. The highest BCUT2D eigenvalue weighted by atomic mass is 16.3. The molecule has 0 radical (unpaired) electrons. The first-order chi connectivity index (χ1) is 18.9. The Morgan fingerprint density at radius 3 is 2.38 bits per heavy atom. The molecule has 0 spiro atoms. The van der Waals surface area contributed by atoms with Crippen LogP contribution in [0.15, 0.2) is 101 Å². The van der Waals surface area contributed by atoms with Gasteiger partial charge in [-0.15, -0.1) is 0 Å². The average Bonchev–Trinajstić information content (AvgIpc) is 3.21. The monoisotopic (exact) mass is 515 g/mol. The third kappa shape index (κ3) is 3.27. The van der Waals surface area contributed by atoms with Gasteiger partial charge in [-0.05, 0) is 49.3 Å². The molecule has 6 nitrogen and oxygen atoms in total. The molecular weight excluding hydrogens is 490 g/mol. The van der Waals surface area contributed by atoms with Crippen LogP contribution in [0.5, 0.6) is 5.75 Å². The fraction of sp³-hybridized carbons (Fsp3) is 0.212. The Bertz CT molecular complexity index is 1730. The molecule has 3 aromatic rings. The largest absolute Gasteiger partial charge is 0.507 e. The van der Waals surface area contributed by atoms with E-state index in [0.29, 0.717) is 39.8 Å². The lowest BCUT2D eigenvalue weighted by molar-refractivity contribution is -0.123. The quantitative estimate of drug-likeness (QED) is 0.289. The molecule has 3 aromatic carbocycles. The summed E-state index contributed by atoms with van der Waals surface area (Å²) >= 11 is 0. The molecule has 6 heteroatoms. The number of phenols is 1. The fourth-order valence-corrected chi connectivity index (χ4v) is 7.07. The van der Waals surface area contributed by atoms with Crippen molar-refractivity contribution in [3.05, 3.63) is 107 Å². The number of imide groups is 1. The Labute approximate surface area is 224 Å². The summed E-state index contributed by atoms with van der Waals surface area (Å²) in [6, 6.07) is 20.1. The number of Topliss-reactive ketones (excluding diaryl/α,β-unsaturated/α-hetero) is 1. The van der Waals surface area contributed by atoms with Crippen molar-refractivity contribution in [1.82, 2.24) is 0 Å². The average molecular weight is 516 g/mol. The number of rotatable bonds is 2. The predicted octanol–water partition coefficient (Wildman–Crippen LogP) is 5.18. The lowest BCUT2D eigenvalue weighted by Crippen LogP contribution is -2.39. The molecule has 0 unspecified atom stereocenters. The number of nitrogens with zero attached hydrogens (tertiary/aromatic N) is 1. The van der Waals surface area contributed by atoms with Crippen molar-refractivity contribution in [2.45, 2.75) is 25.7 Å². The number of aromatic hydroxyl groups is 1. The number of hydrogen-bond acceptors (Lipinski definition) is 5. The zero-order valence-corrected chi connectivity index (χ0v) is 21.3. The van der Waals surface area contributed by atoms with E-state index >= 15 is 0 Å². The van der Waals surface area contributed by atoms with Gasteiger partial charge in [0.05, 0.1) is 17.5 Å². The molecule has 39 heavy (non-hydrogen) atoms. The van der Waals surface area contributed by atoms with Gasteiger partial charge in [0.25, 0.3) is 0 Å². The highest BCUT2D eigenvalue weighted by Crippen LogP contribution is 2.56. The number of phenolic OH excluding ortho intramolecular Hbond substituents is 1. The normalized spacial score (nSPS) is 26.3. The van der Waals surface area contributed by atoms with Crippen LogP contribution < -0.4 is 4.90 Å². The molecule has 0 aromatic heterocycles. The minimum absolute atomic E-state index is 0.0554. The number of para-hydroxylation sites is 1. The van der Waals surface area contributed by atoms with Gasteiger partial charge in [0.2, 0.25) is 11.8 Å². The lowest BCUT2D eigenvalue weighted by atomic mass is 9.59. The topological polar surface area (TPSA) is 91.8 Å². The van der Waals surface area contributed by atoms with E-state index in [1.807, 2.05) is 48.5 Å². The summed E-state index contributed by atoms with van der Waals surface area (Å²) in [6.07, 6.45) is 3.91. The molecule has 4 aliphatic rings. The first-order valence-electron chi connectivity index (χ1n) is 13.2. The Morgan fingerprint density at radius 2 is 1.59 bits per heavy atom. The number of fused-ring (bicyclic) bond motifs is 4. The van der Waals surface area contributed by atoms with Crippen molar-refractivity contribution < 1.29 is 24.3 Å². The lowest BCUT2D eigenvalue weighted by Gasteiger charge is -2.42. The maximum absolute atomic E-state index is 13.9. The molecule has 1 aliphatic heterocycles. The molecule has 3 aliphatic carbocycles. The second-order valence-electron chi connectivity index (χ2n) is 10.8. The highest BCUT2D eigenvalue weighted by Gasteiger charge is 2.56. The summed E-state index contributed by atoms with van der Waals surface area (Å²) in [7, 11) is 0. The molecule has 1 heterocycles. The van der Waals surface area contributed by atoms with Crippen LogP contribution in [0.3, 0.4) is 0 Å². The summed E-state index contributed by atoms with van der Waals surface area (Å²) in [5.74, 6) is -3.23. The summed E-state index contributed by atoms with van der Waals surface area (Å²) in [6.45, 7) is 1.63. The standard InChI is InChI=1S/C33H25NO5/c1-17-15-26(35)29-25(30(17)36)16-24-21(27(29)22-12-11-18-7-5-6-10-20(18)31(22)37)13-14-23-28(24)33(39)34(32(23)38)19-8-3-2-4-9-19/h2-13,15,23-24,27-28,37H,14,16H2,1H3/t23-,24+,27+,28-/m0/s1. The van der Waals surface area contributed by atoms with Gasteiger partial charge in [-0.1, -0.05) is 66.2 Å². The first kappa shape index (κ1) is 23.5. The second kappa shape index (κ2) is 8.46. The molecule has 192 valence electrons. The van der Waals surface area contributed by atoms with Crippen LogP contribution in [-0.4, -0.2) is 28.5 Å². The van der Waals surface area contributed by atoms with E-state index in [1.54, 1.807) is 31.2 Å². The molecule has 4 atom stereocenters. The summed E-state index contributed by atoms with van der Waals surface area (Å²) < 4.78 is 0. The molecule has 0 saturated carbocycles. The van der Waals surface area contributed by atoms with Crippen LogP contribution in [-0.2, 0) is 19.2 Å². The molecule has 2 amide bonds. The Morgan fingerprint density at radius 1 is 0.846 bits per heavy atom. The van der Waals surface area contributed by atoms with E-state index in [0.717, 1.165) is 11.0 Å². The number of ketones is 2. The fourth-order valence-electron chi connectivity index (χ4n) is 7.07. The molecule has 1 fully saturated rings. The number of carbonyl (C=O) groups is 4. The van der Waals surface area contributed by atoms with Gasteiger partial charge in [-0.3, -0.25) is 24.1 Å². The van der Waals surface area contributed by atoms with Gasteiger partial charge in [-0.2, -0.15) is 0 Å². The Balaban J connectivity index is 1.41. The van der Waals surface area contributed by atoms with Crippen molar-refractivity contribution in [3.63, 3.8) is 0 Å². The SMILES string of the molecule is CC1=CC(=O)C2=C(C[C@@H]3C(=CC[C@@H]4C(=O)N(c5ccccc5)C(=O)[C@@H]43)[C@@H]2c2ccc3ccccc3c2O)C1=O. The molecule has 7 rings (SSSR count). The van der Waals surface area contributed by atoms with Crippen molar-refractivity contribution in [2.75, 3.05) is 4.90 Å². The first-order valence-corrected chi connectivity index (χ1v) is 13.2.